The Morgan fingerprint density at radius 2 is 1.22 bits per heavy atom. The number of ether oxygens (including phenoxy) is 2. The van der Waals surface area contributed by atoms with Crippen molar-refractivity contribution in [2.45, 2.75) is 0 Å². The van der Waals surface area contributed by atoms with E-state index in [0.717, 1.165) is 33.8 Å². The first kappa shape index (κ1) is 25.7. The molecule has 0 aliphatic carbocycles. The van der Waals surface area contributed by atoms with Crippen LogP contribution in [0.3, 0.4) is 0 Å². The van der Waals surface area contributed by atoms with Gasteiger partial charge < -0.3 is 24.7 Å². The van der Waals surface area contributed by atoms with Gasteiger partial charge in [-0.15, -0.1) is 0 Å². The third kappa shape index (κ3) is 5.08. The van der Waals surface area contributed by atoms with Gasteiger partial charge in [-0.3, -0.25) is 0 Å². The van der Waals surface area contributed by atoms with E-state index in [1.165, 1.54) is 0 Å². The van der Waals surface area contributed by atoms with E-state index in [2.05, 4.69) is 4.98 Å². The number of aromatic amines is 1. The molecule has 41 heavy (non-hydrogen) atoms. The minimum absolute atomic E-state index is 0.137. The molecule has 6 rings (SSSR count). The monoisotopic (exact) mass is 541 g/mol. The molecule has 1 aliphatic heterocycles. The maximum Gasteiger partial charge on any atom is 0.162 e. The van der Waals surface area contributed by atoms with Crippen LogP contribution in [0, 0.1) is 0 Å². The Hall–Kier alpha value is -5.56. The number of nitrogens with one attached hydrogen (secondary N) is 1. The normalized spacial score (nSPS) is 13.7. The quantitative estimate of drug-likeness (QED) is 0.200. The number of amidine groups is 1. The Bertz CT molecular complexity index is 1810. The fourth-order valence-corrected chi connectivity index (χ4v) is 4.78. The molecule has 7 heteroatoms. The van der Waals surface area contributed by atoms with E-state index in [4.69, 9.17) is 19.5 Å². The second-order valence-corrected chi connectivity index (χ2v) is 9.43. The van der Waals surface area contributed by atoms with Crippen molar-refractivity contribution >= 4 is 22.9 Å². The third-order valence-corrected chi connectivity index (χ3v) is 6.94. The Labute approximate surface area is 237 Å². The number of rotatable bonds is 7. The number of aromatic hydroxyl groups is 2. The van der Waals surface area contributed by atoms with Crippen LogP contribution in [0.5, 0.6) is 23.0 Å². The number of benzene rings is 4. The maximum absolute atomic E-state index is 10.6. The summed E-state index contributed by atoms with van der Waals surface area (Å²) in [5, 5.41) is 21.1. The molecule has 0 unspecified atom stereocenters. The molecule has 7 nitrogen and oxygen atoms in total. The topological polar surface area (TPSA) is 99.4 Å². The van der Waals surface area contributed by atoms with Crippen molar-refractivity contribution in [1.82, 2.24) is 4.98 Å². The molecule has 202 valence electrons. The van der Waals surface area contributed by atoms with Crippen molar-refractivity contribution < 1.29 is 19.7 Å². The van der Waals surface area contributed by atoms with Crippen molar-refractivity contribution in [3.63, 3.8) is 0 Å². The largest absolute Gasteiger partial charge is 0.507 e. The molecule has 5 aromatic rings. The predicted molar refractivity (Wildman–Crippen MR) is 163 cm³/mol. The average molecular weight is 542 g/mol. The van der Waals surface area contributed by atoms with E-state index in [9.17, 15) is 10.2 Å². The summed E-state index contributed by atoms with van der Waals surface area (Å²) in [6.07, 6.45) is 1.93. The van der Waals surface area contributed by atoms with Gasteiger partial charge in [-0.2, -0.15) is 0 Å². The van der Waals surface area contributed by atoms with Crippen LogP contribution in [-0.2, 0) is 0 Å². The predicted octanol–water partition coefficient (Wildman–Crippen LogP) is 7.39. The molecule has 1 aromatic heterocycles. The number of aliphatic imine (C=N–C) groups is 2. The van der Waals surface area contributed by atoms with Crippen LogP contribution in [0.4, 0.5) is 5.82 Å². The number of H-pyrrole nitrogens is 1. The van der Waals surface area contributed by atoms with Crippen molar-refractivity contribution in [2.75, 3.05) is 14.2 Å². The van der Waals surface area contributed by atoms with E-state index < -0.39 is 0 Å². The Morgan fingerprint density at radius 3 is 1.80 bits per heavy atom. The van der Waals surface area contributed by atoms with Gasteiger partial charge in [0.2, 0.25) is 0 Å². The summed E-state index contributed by atoms with van der Waals surface area (Å²) in [5.74, 6) is 2.84. The first-order chi connectivity index (χ1) is 20.0. The fourth-order valence-electron chi connectivity index (χ4n) is 4.78. The smallest absolute Gasteiger partial charge is 0.162 e. The van der Waals surface area contributed by atoms with Gasteiger partial charge >= 0.3 is 0 Å². The van der Waals surface area contributed by atoms with Gasteiger partial charge in [-0.1, -0.05) is 48.5 Å². The average Bonchev–Trinajstić information content (AvgIpc) is 3.62. The Balaban J connectivity index is 1.53. The van der Waals surface area contributed by atoms with E-state index in [1.54, 1.807) is 38.5 Å². The highest BCUT2D eigenvalue weighted by molar-refractivity contribution is 6.38. The summed E-state index contributed by atoms with van der Waals surface area (Å²) in [7, 11) is 3.26. The van der Waals surface area contributed by atoms with Gasteiger partial charge in [-0.05, 0) is 71.8 Å². The first-order valence-corrected chi connectivity index (χ1v) is 13.0. The number of para-hydroxylation sites is 2. The van der Waals surface area contributed by atoms with Crippen LogP contribution in [0.2, 0.25) is 0 Å². The molecule has 0 bridgehead atoms. The standard InChI is InChI=1S/C34H27N3O4/c1-40-23-15-11-21(12-16-23)27-19-29(25-7-3-5-9-31(25)38)35-33(27)37-34-28(22-13-17-24(41-2)18-14-22)20-30(36-34)26-8-4-6-10-32(26)39/h3-20,35,38-39H,1-2H3/b37-34-. The molecule has 2 heterocycles. The number of phenolic OH excluding ortho intramolecular Hbond substituents is 2. The first-order valence-electron chi connectivity index (χ1n) is 13.0. The molecule has 1 aliphatic rings. The van der Waals surface area contributed by atoms with Gasteiger partial charge in [0, 0.05) is 22.3 Å². The summed E-state index contributed by atoms with van der Waals surface area (Å²) in [6, 6.07) is 31.6. The summed E-state index contributed by atoms with van der Waals surface area (Å²) in [4.78, 5) is 13.3. The Kier molecular flexibility index (Phi) is 6.83. The van der Waals surface area contributed by atoms with Crippen molar-refractivity contribution in [3.05, 3.63) is 120 Å². The van der Waals surface area contributed by atoms with Crippen molar-refractivity contribution in [3.8, 4) is 45.4 Å². The molecule has 3 N–H and O–H groups in total. The second kappa shape index (κ2) is 10.9. The zero-order valence-electron chi connectivity index (χ0n) is 22.5. The van der Waals surface area contributed by atoms with Crippen LogP contribution in [0.15, 0.2) is 119 Å². The molecule has 0 atom stereocenters. The number of hydrogen-bond donors (Lipinski definition) is 3. The highest BCUT2D eigenvalue weighted by atomic mass is 16.5. The van der Waals surface area contributed by atoms with Crippen LogP contribution in [-0.4, -0.2) is 41.0 Å². The van der Waals surface area contributed by atoms with Crippen LogP contribution in [0.1, 0.15) is 11.1 Å². The number of methoxy groups -OCH3 is 2. The number of nitrogens with zero attached hydrogens (tertiary/aromatic N) is 2. The molecule has 0 spiro atoms. The van der Waals surface area contributed by atoms with Crippen molar-refractivity contribution in [1.29, 1.82) is 0 Å². The third-order valence-electron chi connectivity index (χ3n) is 6.94. The molecule has 0 fully saturated rings. The molecule has 0 radical (unpaired) electrons. The zero-order valence-corrected chi connectivity index (χ0v) is 22.5. The highest BCUT2D eigenvalue weighted by Crippen LogP contribution is 2.39. The number of aromatic nitrogens is 1. The molecular weight excluding hydrogens is 514 g/mol. The minimum Gasteiger partial charge on any atom is -0.507 e. The van der Waals surface area contributed by atoms with Crippen molar-refractivity contribution in [2.24, 2.45) is 9.98 Å². The molecule has 4 aromatic carbocycles. The van der Waals surface area contributed by atoms with Gasteiger partial charge in [-0.25, -0.2) is 9.98 Å². The van der Waals surface area contributed by atoms with E-state index in [-0.39, 0.29) is 11.5 Å². The van der Waals surface area contributed by atoms with E-state index in [1.807, 2.05) is 84.9 Å². The number of allylic oxidation sites excluding steroid dienone is 1. The zero-order chi connectivity index (χ0) is 28.3. The highest BCUT2D eigenvalue weighted by Gasteiger charge is 2.22. The van der Waals surface area contributed by atoms with Gasteiger partial charge in [0.1, 0.15) is 28.8 Å². The van der Waals surface area contributed by atoms with Gasteiger partial charge in [0.05, 0.1) is 25.6 Å². The van der Waals surface area contributed by atoms with E-state index in [0.29, 0.717) is 34.2 Å². The van der Waals surface area contributed by atoms with Crippen LogP contribution < -0.4 is 9.47 Å². The maximum atomic E-state index is 10.6. The SMILES string of the molecule is COc1ccc(C2=CC(c3ccccc3O)=N/C2=N\c2[nH]c(-c3ccccc3O)cc2-c2ccc(OC)cc2)cc1. The molecule has 0 amide bonds. The summed E-state index contributed by atoms with van der Waals surface area (Å²) in [5.41, 5.74) is 6.03. The van der Waals surface area contributed by atoms with Crippen LogP contribution in [0.25, 0.3) is 28.0 Å². The van der Waals surface area contributed by atoms with Gasteiger partial charge in [0.25, 0.3) is 0 Å². The lowest BCUT2D eigenvalue weighted by molar-refractivity contribution is 0.414. The second-order valence-electron chi connectivity index (χ2n) is 9.43. The Morgan fingerprint density at radius 1 is 0.659 bits per heavy atom. The van der Waals surface area contributed by atoms with Crippen LogP contribution >= 0.6 is 0 Å². The molecular formula is C34H27N3O4. The van der Waals surface area contributed by atoms with E-state index >= 15 is 0 Å². The lowest BCUT2D eigenvalue weighted by atomic mass is 10.0. The molecule has 0 saturated heterocycles. The minimum atomic E-state index is 0.137. The fraction of sp³-hybridized carbons (Fsp3) is 0.0588. The lowest BCUT2D eigenvalue weighted by Gasteiger charge is -2.06. The summed E-state index contributed by atoms with van der Waals surface area (Å²) >= 11 is 0. The molecule has 0 saturated carbocycles. The summed E-state index contributed by atoms with van der Waals surface area (Å²) in [6.45, 7) is 0. The summed E-state index contributed by atoms with van der Waals surface area (Å²) < 4.78 is 10.7. The number of hydrogen-bond acceptors (Lipinski definition) is 5. The lowest BCUT2D eigenvalue weighted by Crippen LogP contribution is -1.96. The van der Waals surface area contributed by atoms with Gasteiger partial charge in [0.15, 0.2) is 5.84 Å². The number of phenols is 2.